The van der Waals surface area contributed by atoms with Crippen LogP contribution >= 0.6 is 39.1 Å². The van der Waals surface area contributed by atoms with Crippen molar-refractivity contribution in [3.05, 3.63) is 97.9 Å². The van der Waals surface area contributed by atoms with Crippen LogP contribution in [0, 0.1) is 5.92 Å². The Bertz CT molecular complexity index is 1200. The first-order valence-corrected chi connectivity index (χ1v) is 12.3. The third-order valence-corrected chi connectivity index (χ3v) is 6.27. The first-order chi connectivity index (χ1) is 16.7. The molecule has 1 atom stereocenters. The number of hydrazone groups is 1. The second kappa shape index (κ2) is 12.7. The second-order valence-corrected chi connectivity index (χ2v) is 9.77. The summed E-state index contributed by atoms with van der Waals surface area (Å²) in [6.45, 7) is 4.12. The summed E-state index contributed by atoms with van der Waals surface area (Å²) in [5, 5.41) is 7.35. The van der Waals surface area contributed by atoms with Crippen LogP contribution in [0.15, 0.2) is 76.3 Å². The molecule has 2 N–H and O–H groups in total. The van der Waals surface area contributed by atoms with E-state index in [2.05, 4.69) is 31.8 Å². The molecule has 0 aliphatic heterocycles. The Morgan fingerprint density at radius 1 is 1.00 bits per heavy atom. The number of halogens is 3. The molecule has 0 saturated carbocycles. The molecule has 3 rings (SSSR count). The first kappa shape index (κ1) is 26.7. The Morgan fingerprint density at radius 2 is 1.69 bits per heavy atom. The largest absolute Gasteiger partial charge is 0.489 e. The summed E-state index contributed by atoms with van der Waals surface area (Å²) in [5.74, 6) is -0.308. The molecule has 0 aliphatic rings. The molecule has 0 aliphatic carbocycles. The lowest BCUT2D eigenvalue weighted by Gasteiger charge is -2.20. The molecule has 0 radical (unpaired) electrons. The Morgan fingerprint density at radius 3 is 2.31 bits per heavy atom. The van der Waals surface area contributed by atoms with E-state index in [1.807, 2.05) is 62.4 Å². The van der Waals surface area contributed by atoms with Crippen molar-refractivity contribution in [3.63, 3.8) is 0 Å². The summed E-state index contributed by atoms with van der Waals surface area (Å²) < 4.78 is 6.81. The van der Waals surface area contributed by atoms with E-state index in [1.54, 1.807) is 6.07 Å². The standard InChI is InChI=1S/C26H24BrCl2N3O3/c1-16(2)24(31-25(33)19-7-12-22(28)23(29)13-19)26(34)32-30-14-17-5-10-21(11-6-17)35-15-18-3-8-20(27)9-4-18/h3-14,16,24H,15H2,1-2H3,(H,31,33)(H,32,34)/b30-14+. The molecular weight excluding hydrogens is 553 g/mol. The Balaban J connectivity index is 1.53. The van der Waals surface area contributed by atoms with Gasteiger partial charge in [-0.3, -0.25) is 9.59 Å². The molecule has 0 saturated heterocycles. The molecule has 0 aromatic heterocycles. The van der Waals surface area contributed by atoms with Crippen molar-refractivity contribution in [2.75, 3.05) is 0 Å². The van der Waals surface area contributed by atoms with Crippen molar-refractivity contribution < 1.29 is 14.3 Å². The maximum absolute atomic E-state index is 12.6. The summed E-state index contributed by atoms with van der Waals surface area (Å²) in [6, 6.07) is 19.0. The first-order valence-electron chi connectivity index (χ1n) is 10.8. The van der Waals surface area contributed by atoms with E-state index in [-0.39, 0.29) is 10.9 Å². The fourth-order valence-corrected chi connectivity index (χ4v) is 3.60. The zero-order chi connectivity index (χ0) is 25.4. The van der Waals surface area contributed by atoms with Gasteiger partial charge in [0.1, 0.15) is 18.4 Å². The highest BCUT2D eigenvalue weighted by Gasteiger charge is 2.24. The number of nitrogens with zero attached hydrogens (tertiary/aromatic N) is 1. The summed E-state index contributed by atoms with van der Waals surface area (Å²) in [4.78, 5) is 25.2. The van der Waals surface area contributed by atoms with E-state index in [9.17, 15) is 9.59 Å². The van der Waals surface area contributed by atoms with Gasteiger partial charge in [0.05, 0.1) is 16.3 Å². The Labute approximate surface area is 222 Å². The summed E-state index contributed by atoms with van der Waals surface area (Å²) >= 11 is 15.3. The van der Waals surface area contributed by atoms with Crippen molar-refractivity contribution in [2.45, 2.75) is 26.5 Å². The zero-order valence-corrected chi connectivity index (χ0v) is 22.2. The molecular formula is C26H24BrCl2N3O3. The van der Waals surface area contributed by atoms with Crippen LogP contribution in [0.25, 0.3) is 0 Å². The number of benzene rings is 3. The minimum Gasteiger partial charge on any atom is -0.489 e. The molecule has 0 bridgehead atoms. The van der Waals surface area contributed by atoms with Crippen molar-refractivity contribution in [3.8, 4) is 5.75 Å². The molecule has 3 aromatic carbocycles. The fraction of sp³-hybridized carbons (Fsp3) is 0.192. The van der Waals surface area contributed by atoms with Crippen LogP contribution in [0.1, 0.15) is 35.3 Å². The molecule has 2 amide bonds. The number of amides is 2. The molecule has 1 unspecified atom stereocenters. The molecule has 3 aromatic rings. The molecule has 0 heterocycles. The van der Waals surface area contributed by atoms with Crippen LogP contribution in [0.2, 0.25) is 10.0 Å². The summed E-state index contributed by atoms with van der Waals surface area (Å²) in [6.07, 6.45) is 1.52. The topological polar surface area (TPSA) is 79.8 Å². The Kier molecular flexibility index (Phi) is 9.72. The van der Waals surface area contributed by atoms with E-state index in [0.29, 0.717) is 17.2 Å². The molecule has 182 valence electrons. The van der Waals surface area contributed by atoms with Crippen molar-refractivity contribution in [2.24, 2.45) is 11.0 Å². The molecule has 0 spiro atoms. The van der Waals surface area contributed by atoms with Crippen molar-refractivity contribution >= 4 is 57.2 Å². The van der Waals surface area contributed by atoms with Gasteiger partial charge in [-0.25, -0.2) is 5.43 Å². The summed E-state index contributed by atoms with van der Waals surface area (Å²) in [7, 11) is 0. The smallest absolute Gasteiger partial charge is 0.262 e. The number of ether oxygens (including phenoxy) is 1. The predicted octanol–water partition coefficient (Wildman–Crippen LogP) is 6.24. The second-order valence-electron chi connectivity index (χ2n) is 8.04. The van der Waals surface area contributed by atoms with Crippen LogP contribution in [-0.4, -0.2) is 24.1 Å². The van der Waals surface area contributed by atoms with Crippen LogP contribution < -0.4 is 15.5 Å². The molecule has 0 fully saturated rings. The van der Waals surface area contributed by atoms with Crippen molar-refractivity contribution in [1.82, 2.24) is 10.7 Å². The maximum atomic E-state index is 12.6. The lowest BCUT2D eigenvalue weighted by molar-refractivity contribution is -0.123. The van der Waals surface area contributed by atoms with Gasteiger partial charge in [-0.05, 0) is 71.6 Å². The van der Waals surface area contributed by atoms with Crippen molar-refractivity contribution in [1.29, 1.82) is 0 Å². The van der Waals surface area contributed by atoms with Gasteiger partial charge in [0.25, 0.3) is 11.8 Å². The number of carbonyl (C=O) groups is 2. The summed E-state index contributed by atoms with van der Waals surface area (Å²) in [5.41, 5.74) is 4.64. The van der Waals surface area contributed by atoms with Gasteiger partial charge in [-0.2, -0.15) is 5.10 Å². The average molecular weight is 577 g/mol. The number of hydrogen-bond donors (Lipinski definition) is 2. The SMILES string of the molecule is CC(C)C(NC(=O)c1ccc(Cl)c(Cl)c1)C(=O)N/N=C/c1ccc(OCc2ccc(Br)cc2)cc1. The number of rotatable bonds is 9. The monoisotopic (exact) mass is 575 g/mol. The fourth-order valence-electron chi connectivity index (χ4n) is 3.03. The van der Waals surface area contributed by atoms with Gasteiger partial charge in [-0.15, -0.1) is 0 Å². The Hall–Kier alpha value is -2.87. The predicted molar refractivity (Wildman–Crippen MR) is 143 cm³/mol. The average Bonchev–Trinajstić information content (AvgIpc) is 2.84. The number of carbonyl (C=O) groups excluding carboxylic acids is 2. The quantitative estimate of drug-likeness (QED) is 0.234. The highest BCUT2D eigenvalue weighted by molar-refractivity contribution is 9.10. The minimum absolute atomic E-state index is 0.168. The van der Waals surface area contributed by atoms with Gasteiger partial charge in [0.15, 0.2) is 0 Å². The van der Waals surface area contributed by atoms with Gasteiger partial charge in [0, 0.05) is 10.0 Å². The molecule has 9 heteroatoms. The van der Waals surface area contributed by atoms with Gasteiger partial charge < -0.3 is 10.1 Å². The van der Waals surface area contributed by atoms with Gasteiger partial charge >= 0.3 is 0 Å². The van der Waals surface area contributed by atoms with E-state index >= 15 is 0 Å². The van der Waals surface area contributed by atoms with Crippen LogP contribution in [0.5, 0.6) is 5.75 Å². The van der Waals surface area contributed by atoms with E-state index in [4.69, 9.17) is 27.9 Å². The third kappa shape index (κ3) is 8.09. The normalized spacial score (nSPS) is 11.9. The lowest BCUT2D eigenvalue weighted by atomic mass is 10.0. The van der Waals surface area contributed by atoms with E-state index in [0.717, 1.165) is 21.3 Å². The van der Waals surface area contributed by atoms with Crippen LogP contribution in [0.3, 0.4) is 0 Å². The molecule has 6 nitrogen and oxygen atoms in total. The minimum atomic E-state index is -0.788. The molecule has 35 heavy (non-hydrogen) atoms. The van der Waals surface area contributed by atoms with Gasteiger partial charge in [0.2, 0.25) is 0 Å². The highest BCUT2D eigenvalue weighted by Crippen LogP contribution is 2.22. The van der Waals surface area contributed by atoms with Crippen LogP contribution in [-0.2, 0) is 11.4 Å². The number of nitrogens with one attached hydrogen (secondary N) is 2. The van der Waals surface area contributed by atoms with Gasteiger partial charge in [-0.1, -0.05) is 65.1 Å². The van der Waals surface area contributed by atoms with E-state index in [1.165, 1.54) is 18.3 Å². The highest BCUT2D eigenvalue weighted by atomic mass is 79.9. The maximum Gasteiger partial charge on any atom is 0.262 e. The number of hydrogen-bond acceptors (Lipinski definition) is 4. The zero-order valence-electron chi connectivity index (χ0n) is 19.1. The van der Waals surface area contributed by atoms with E-state index < -0.39 is 17.9 Å². The van der Waals surface area contributed by atoms with Crippen LogP contribution in [0.4, 0.5) is 0 Å². The third-order valence-electron chi connectivity index (χ3n) is 5.00. The lowest BCUT2D eigenvalue weighted by Crippen LogP contribution is -2.48.